The van der Waals surface area contributed by atoms with E-state index in [1.165, 1.54) is 0 Å². The average molecular weight is 250 g/mol. The van der Waals surface area contributed by atoms with Gasteiger partial charge in [0.05, 0.1) is 0 Å². The third kappa shape index (κ3) is 2.96. The molecular formula is C13H22N4O. The lowest BCUT2D eigenvalue weighted by molar-refractivity contribution is -0.0193. The maximum atomic E-state index is 5.79. The second-order valence-electron chi connectivity index (χ2n) is 5.89. The van der Waals surface area contributed by atoms with Crippen LogP contribution < -0.4 is 5.73 Å². The van der Waals surface area contributed by atoms with Gasteiger partial charge < -0.3 is 10.5 Å². The number of nitrogens with zero attached hydrogens (tertiary/aromatic N) is 3. The number of hydrogen-bond acceptors (Lipinski definition) is 5. The topological polar surface area (TPSA) is 73.9 Å². The molecule has 1 aliphatic carbocycles. The van der Waals surface area contributed by atoms with Crippen molar-refractivity contribution >= 4 is 5.95 Å². The molecule has 1 aromatic heterocycles. The first-order valence-electron chi connectivity index (χ1n) is 6.54. The highest BCUT2D eigenvalue weighted by atomic mass is 16.5. The molecule has 1 heterocycles. The third-order valence-corrected chi connectivity index (χ3v) is 2.98. The Bertz CT molecular complexity index is 423. The molecule has 0 radical (unpaired) electrons. The van der Waals surface area contributed by atoms with Crippen molar-refractivity contribution in [2.24, 2.45) is 5.41 Å². The van der Waals surface area contributed by atoms with Gasteiger partial charge in [0, 0.05) is 12.5 Å². The highest BCUT2D eigenvalue weighted by Crippen LogP contribution is 2.40. The van der Waals surface area contributed by atoms with Crippen molar-refractivity contribution in [3.63, 3.8) is 0 Å². The Kier molecular flexibility index (Phi) is 3.52. The Labute approximate surface area is 108 Å². The van der Waals surface area contributed by atoms with Crippen LogP contribution in [0.5, 0.6) is 0 Å². The van der Waals surface area contributed by atoms with Crippen molar-refractivity contribution < 1.29 is 4.74 Å². The van der Waals surface area contributed by atoms with Crippen LogP contribution >= 0.6 is 0 Å². The highest BCUT2D eigenvalue weighted by Gasteiger charge is 2.33. The Morgan fingerprint density at radius 2 is 1.94 bits per heavy atom. The Hall–Kier alpha value is -1.23. The van der Waals surface area contributed by atoms with E-state index in [-0.39, 0.29) is 11.5 Å². The van der Waals surface area contributed by atoms with Crippen LogP contribution in [0.2, 0.25) is 0 Å². The number of aromatic nitrogens is 3. The van der Waals surface area contributed by atoms with Crippen LogP contribution in [0.3, 0.4) is 0 Å². The van der Waals surface area contributed by atoms with Crippen LogP contribution in [0.4, 0.5) is 5.95 Å². The lowest BCUT2D eigenvalue weighted by atomic mass is 9.88. The molecule has 0 spiro atoms. The van der Waals surface area contributed by atoms with E-state index in [0.29, 0.717) is 24.3 Å². The summed E-state index contributed by atoms with van der Waals surface area (Å²) in [6.07, 6.45) is 2.15. The summed E-state index contributed by atoms with van der Waals surface area (Å²) in [6.45, 7) is 8.95. The van der Waals surface area contributed by atoms with Gasteiger partial charge in [-0.25, -0.2) is 4.98 Å². The predicted octanol–water partition coefficient (Wildman–Crippen LogP) is 2.45. The van der Waals surface area contributed by atoms with E-state index in [4.69, 9.17) is 10.5 Å². The van der Waals surface area contributed by atoms with E-state index >= 15 is 0 Å². The van der Waals surface area contributed by atoms with Gasteiger partial charge in [0.1, 0.15) is 11.9 Å². The molecule has 1 aliphatic rings. The summed E-state index contributed by atoms with van der Waals surface area (Å²) in [4.78, 5) is 13.0. The van der Waals surface area contributed by atoms with Gasteiger partial charge in [0.2, 0.25) is 5.95 Å². The second kappa shape index (κ2) is 4.80. The lowest BCUT2D eigenvalue weighted by Crippen LogP contribution is -2.25. The molecule has 1 fully saturated rings. The summed E-state index contributed by atoms with van der Waals surface area (Å²) in [5.74, 6) is 2.26. The summed E-state index contributed by atoms with van der Waals surface area (Å²) in [5, 5.41) is 0. The zero-order chi connectivity index (χ0) is 13.3. The van der Waals surface area contributed by atoms with E-state index in [1.54, 1.807) is 0 Å². The maximum Gasteiger partial charge on any atom is 0.223 e. The van der Waals surface area contributed by atoms with Crippen LogP contribution in [0.15, 0.2) is 0 Å². The second-order valence-corrected chi connectivity index (χ2v) is 5.89. The normalized spacial score (nSPS) is 17.8. The van der Waals surface area contributed by atoms with E-state index in [1.807, 2.05) is 6.92 Å². The quantitative estimate of drug-likeness (QED) is 0.888. The molecule has 1 atom stereocenters. The van der Waals surface area contributed by atoms with Crippen molar-refractivity contribution in [2.75, 3.05) is 12.3 Å². The number of rotatable bonds is 4. The Morgan fingerprint density at radius 3 is 2.44 bits per heavy atom. The summed E-state index contributed by atoms with van der Waals surface area (Å²) in [5.41, 5.74) is 5.72. The molecule has 5 heteroatoms. The van der Waals surface area contributed by atoms with Gasteiger partial charge in [-0.15, -0.1) is 0 Å². The minimum Gasteiger partial charge on any atom is -0.370 e. The summed E-state index contributed by atoms with van der Waals surface area (Å²) >= 11 is 0. The molecule has 1 saturated carbocycles. The fraction of sp³-hybridized carbons (Fsp3) is 0.769. The number of hydrogen-bond donors (Lipinski definition) is 1. The summed E-state index contributed by atoms with van der Waals surface area (Å²) in [6, 6.07) is 0. The molecule has 100 valence electrons. The minimum absolute atomic E-state index is 0.0649. The third-order valence-electron chi connectivity index (χ3n) is 2.98. The number of nitrogens with two attached hydrogens (primary N) is 1. The van der Waals surface area contributed by atoms with Crippen LogP contribution in [-0.4, -0.2) is 21.6 Å². The summed E-state index contributed by atoms with van der Waals surface area (Å²) in [7, 11) is 0. The Morgan fingerprint density at radius 1 is 1.28 bits per heavy atom. The van der Waals surface area contributed by atoms with Crippen LogP contribution in [0.1, 0.15) is 64.2 Å². The van der Waals surface area contributed by atoms with Crippen LogP contribution in [-0.2, 0) is 4.74 Å². The van der Waals surface area contributed by atoms with E-state index in [9.17, 15) is 0 Å². The van der Waals surface area contributed by atoms with E-state index in [0.717, 1.165) is 18.7 Å². The number of anilines is 1. The Balaban J connectivity index is 2.34. The molecule has 5 nitrogen and oxygen atoms in total. The van der Waals surface area contributed by atoms with Gasteiger partial charge in [-0.1, -0.05) is 20.8 Å². The molecule has 1 unspecified atom stereocenters. The number of nitrogen functional groups attached to an aromatic ring is 1. The molecule has 0 aliphatic heterocycles. The van der Waals surface area contributed by atoms with Crippen LogP contribution in [0, 0.1) is 5.41 Å². The van der Waals surface area contributed by atoms with Gasteiger partial charge in [-0.05, 0) is 25.2 Å². The van der Waals surface area contributed by atoms with E-state index in [2.05, 4.69) is 35.7 Å². The summed E-state index contributed by atoms with van der Waals surface area (Å²) < 4.78 is 5.79. The smallest absolute Gasteiger partial charge is 0.223 e. The maximum absolute atomic E-state index is 5.79. The van der Waals surface area contributed by atoms with Gasteiger partial charge in [0.15, 0.2) is 5.82 Å². The molecule has 0 aromatic carbocycles. The highest BCUT2D eigenvalue weighted by molar-refractivity contribution is 5.20. The molecule has 2 rings (SSSR count). The van der Waals surface area contributed by atoms with Gasteiger partial charge in [-0.3, -0.25) is 0 Å². The van der Waals surface area contributed by atoms with Gasteiger partial charge in [0.25, 0.3) is 0 Å². The van der Waals surface area contributed by atoms with E-state index < -0.39 is 0 Å². The lowest BCUT2D eigenvalue weighted by Gasteiger charge is -2.29. The minimum atomic E-state index is -0.148. The van der Waals surface area contributed by atoms with Gasteiger partial charge in [-0.2, -0.15) is 9.97 Å². The molecule has 18 heavy (non-hydrogen) atoms. The zero-order valence-corrected chi connectivity index (χ0v) is 11.6. The monoisotopic (exact) mass is 250 g/mol. The zero-order valence-electron chi connectivity index (χ0n) is 11.6. The van der Waals surface area contributed by atoms with Crippen molar-refractivity contribution in [3.8, 4) is 0 Å². The molecule has 0 saturated heterocycles. The number of ether oxygens (including phenoxy) is 1. The van der Waals surface area contributed by atoms with Crippen molar-refractivity contribution in [3.05, 3.63) is 11.6 Å². The average Bonchev–Trinajstić information content (AvgIpc) is 3.06. The standard InChI is InChI=1S/C13H22N4O/c1-5-18-9(13(2,3)4)11-15-10(8-6-7-8)16-12(14)17-11/h8-9H,5-7H2,1-4H3,(H2,14,15,16,17). The van der Waals surface area contributed by atoms with Gasteiger partial charge >= 0.3 is 0 Å². The first kappa shape index (κ1) is 13.2. The van der Waals surface area contributed by atoms with Crippen molar-refractivity contribution in [2.45, 2.75) is 52.6 Å². The van der Waals surface area contributed by atoms with Crippen molar-refractivity contribution in [1.82, 2.24) is 15.0 Å². The van der Waals surface area contributed by atoms with Crippen molar-refractivity contribution in [1.29, 1.82) is 0 Å². The fourth-order valence-corrected chi connectivity index (χ4v) is 1.95. The first-order valence-corrected chi connectivity index (χ1v) is 6.54. The first-order chi connectivity index (χ1) is 8.41. The largest absolute Gasteiger partial charge is 0.370 e. The molecule has 1 aromatic rings. The molecule has 0 bridgehead atoms. The predicted molar refractivity (Wildman–Crippen MR) is 70.0 cm³/mol. The SMILES string of the molecule is CCOC(c1nc(N)nc(C2CC2)n1)C(C)(C)C. The molecule has 2 N–H and O–H groups in total. The van der Waals surface area contributed by atoms with Crippen LogP contribution in [0.25, 0.3) is 0 Å². The molecule has 0 amide bonds. The fourth-order valence-electron chi connectivity index (χ4n) is 1.95. The molecular weight excluding hydrogens is 228 g/mol.